The van der Waals surface area contributed by atoms with Gasteiger partial charge in [-0.15, -0.1) is 0 Å². The molecule has 0 unspecified atom stereocenters. The predicted molar refractivity (Wildman–Crippen MR) is 133 cm³/mol. The van der Waals surface area contributed by atoms with E-state index in [4.69, 9.17) is 27.3 Å². The lowest BCUT2D eigenvalue weighted by Crippen LogP contribution is -2.32. The van der Waals surface area contributed by atoms with Crippen molar-refractivity contribution in [3.63, 3.8) is 0 Å². The van der Waals surface area contributed by atoms with E-state index < -0.39 is 5.97 Å². The third kappa shape index (κ3) is 8.04. The van der Waals surface area contributed by atoms with Crippen LogP contribution in [-0.2, 0) is 21.0 Å². The SMILES string of the molecule is Nc1ccc(C(=NOCC(=O)NCC2CCCCC2)c2cccc(Cl)c2)cc1CNCC(=O)O. The summed E-state index contributed by atoms with van der Waals surface area (Å²) in [5.41, 5.74) is 9.22. The number of hydrogen-bond acceptors (Lipinski definition) is 6. The fourth-order valence-electron chi connectivity index (χ4n) is 3.97. The summed E-state index contributed by atoms with van der Waals surface area (Å²) in [6, 6.07) is 12.5. The molecule has 0 heterocycles. The van der Waals surface area contributed by atoms with E-state index in [2.05, 4.69) is 15.8 Å². The average molecular weight is 487 g/mol. The van der Waals surface area contributed by atoms with Gasteiger partial charge < -0.3 is 26.3 Å². The summed E-state index contributed by atoms with van der Waals surface area (Å²) in [5.74, 6) is -0.632. The molecule has 0 radical (unpaired) electrons. The topological polar surface area (TPSA) is 126 Å². The van der Waals surface area contributed by atoms with Gasteiger partial charge in [0.2, 0.25) is 0 Å². The molecule has 0 saturated heterocycles. The number of nitrogens with two attached hydrogens (primary N) is 1. The Kier molecular flexibility index (Phi) is 9.73. The fourth-order valence-corrected chi connectivity index (χ4v) is 4.16. The molecule has 0 aliphatic heterocycles. The van der Waals surface area contributed by atoms with Crippen LogP contribution in [0.5, 0.6) is 0 Å². The molecule has 8 nitrogen and oxygen atoms in total. The van der Waals surface area contributed by atoms with Crippen LogP contribution in [0.1, 0.15) is 48.8 Å². The highest BCUT2D eigenvalue weighted by molar-refractivity contribution is 6.31. The van der Waals surface area contributed by atoms with Gasteiger partial charge in [0.15, 0.2) is 6.61 Å². The van der Waals surface area contributed by atoms with Crippen LogP contribution in [0.3, 0.4) is 0 Å². The number of anilines is 1. The first kappa shape index (κ1) is 25.5. The van der Waals surface area contributed by atoms with Gasteiger partial charge in [-0.3, -0.25) is 9.59 Å². The number of nitrogens with one attached hydrogen (secondary N) is 2. The monoisotopic (exact) mass is 486 g/mol. The molecule has 182 valence electrons. The Morgan fingerprint density at radius 3 is 2.62 bits per heavy atom. The number of nitrogens with zero attached hydrogens (tertiary/aromatic N) is 1. The van der Waals surface area contributed by atoms with Gasteiger partial charge in [-0.25, -0.2) is 0 Å². The Bertz CT molecular complexity index is 1020. The summed E-state index contributed by atoms with van der Waals surface area (Å²) >= 11 is 6.19. The molecule has 1 saturated carbocycles. The molecule has 0 aromatic heterocycles. The third-order valence-corrected chi connectivity index (χ3v) is 6.01. The second-order valence-electron chi connectivity index (χ2n) is 8.44. The Morgan fingerprint density at radius 2 is 1.88 bits per heavy atom. The highest BCUT2D eigenvalue weighted by atomic mass is 35.5. The lowest BCUT2D eigenvalue weighted by molar-refractivity contribution is -0.136. The minimum Gasteiger partial charge on any atom is -0.480 e. The van der Waals surface area contributed by atoms with Crippen LogP contribution >= 0.6 is 11.6 Å². The van der Waals surface area contributed by atoms with Crippen molar-refractivity contribution in [2.75, 3.05) is 25.4 Å². The van der Waals surface area contributed by atoms with E-state index in [0.717, 1.165) is 18.4 Å². The van der Waals surface area contributed by atoms with Crippen LogP contribution in [0.4, 0.5) is 5.69 Å². The van der Waals surface area contributed by atoms with Gasteiger partial charge in [0.25, 0.3) is 5.91 Å². The number of halogens is 1. The van der Waals surface area contributed by atoms with E-state index in [9.17, 15) is 9.59 Å². The maximum atomic E-state index is 12.3. The van der Waals surface area contributed by atoms with Crippen molar-refractivity contribution in [2.45, 2.75) is 38.6 Å². The zero-order valence-electron chi connectivity index (χ0n) is 19.1. The van der Waals surface area contributed by atoms with E-state index in [1.807, 2.05) is 12.1 Å². The molecular formula is C25H31ClN4O4. The number of carboxylic acids is 1. The van der Waals surface area contributed by atoms with Crippen LogP contribution in [0, 0.1) is 5.92 Å². The van der Waals surface area contributed by atoms with E-state index in [0.29, 0.717) is 40.0 Å². The highest BCUT2D eigenvalue weighted by Gasteiger charge is 2.15. The molecular weight excluding hydrogens is 456 g/mol. The summed E-state index contributed by atoms with van der Waals surface area (Å²) in [6.07, 6.45) is 6.02. The zero-order chi connectivity index (χ0) is 24.3. The Morgan fingerprint density at radius 1 is 1.12 bits per heavy atom. The average Bonchev–Trinajstić information content (AvgIpc) is 2.82. The van der Waals surface area contributed by atoms with Crippen LogP contribution in [0.25, 0.3) is 0 Å². The number of benzene rings is 2. The smallest absolute Gasteiger partial charge is 0.317 e. The lowest BCUT2D eigenvalue weighted by Gasteiger charge is -2.21. The third-order valence-electron chi connectivity index (χ3n) is 5.77. The molecule has 34 heavy (non-hydrogen) atoms. The van der Waals surface area contributed by atoms with Gasteiger partial charge in [-0.05, 0) is 48.6 Å². The van der Waals surface area contributed by atoms with Gasteiger partial charge in [0.1, 0.15) is 5.71 Å². The number of hydrogen-bond donors (Lipinski definition) is 4. The van der Waals surface area contributed by atoms with E-state index >= 15 is 0 Å². The molecule has 2 aromatic rings. The molecule has 3 rings (SSSR count). The number of carboxylic acid groups (broad SMARTS) is 1. The first-order chi connectivity index (χ1) is 16.4. The number of carbonyl (C=O) groups excluding carboxylic acids is 1. The van der Waals surface area contributed by atoms with Crippen molar-refractivity contribution in [3.05, 3.63) is 64.2 Å². The first-order valence-corrected chi connectivity index (χ1v) is 11.8. The minimum absolute atomic E-state index is 0.183. The molecule has 0 atom stereocenters. The molecule has 9 heteroatoms. The fraction of sp³-hybridized carbons (Fsp3) is 0.400. The van der Waals surface area contributed by atoms with E-state index in [1.165, 1.54) is 19.3 Å². The van der Waals surface area contributed by atoms with Crippen LogP contribution in [0.2, 0.25) is 5.02 Å². The number of aliphatic carboxylic acids is 1. The molecule has 0 bridgehead atoms. The molecule has 1 amide bonds. The highest BCUT2D eigenvalue weighted by Crippen LogP contribution is 2.23. The van der Waals surface area contributed by atoms with Crippen molar-refractivity contribution >= 4 is 34.9 Å². The van der Waals surface area contributed by atoms with Crippen LogP contribution < -0.4 is 16.4 Å². The summed E-state index contributed by atoms with van der Waals surface area (Å²) in [4.78, 5) is 28.5. The van der Waals surface area contributed by atoms with Gasteiger partial charge in [-0.1, -0.05) is 54.2 Å². The second kappa shape index (κ2) is 13.0. The van der Waals surface area contributed by atoms with Crippen molar-refractivity contribution < 1.29 is 19.5 Å². The van der Waals surface area contributed by atoms with Crippen molar-refractivity contribution in [3.8, 4) is 0 Å². The summed E-state index contributed by atoms with van der Waals surface area (Å²) < 4.78 is 0. The summed E-state index contributed by atoms with van der Waals surface area (Å²) in [5, 5.41) is 19.4. The van der Waals surface area contributed by atoms with Crippen molar-refractivity contribution in [1.29, 1.82) is 0 Å². The quantitative estimate of drug-likeness (QED) is 0.218. The van der Waals surface area contributed by atoms with Gasteiger partial charge in [0, 0.05) is 34.9 Å². The van der Waals surface area contributed by atoms with E-state index in [-0.39, 0.29) is 25.6 Å². The number of nitrogen functional groups attached to an aromatic ring is 1. The molecule has 2 aromatic carbocycles. The number of carbonyl (C=O) groups is 2. The van der Waals surface area contributed by atoms with Gasteiger partial charge in [0.05, 0.1) is 6.54 Å². The molecule has 1 aliphatic rings. The Hall–Kier alpha value is -3.10. The van der Waals surface area contributed by atoms with E-state index in [1.54, 1.807) is 30.3 Å². The minimum atomic E-state index is -0.953. The summed E-state index contributed by atoms with van der Waals surface area (Å²) in [7, 11) is 0. The van der Waals surface area contributed by atoms with Gasteiger partial charge in [-0.2, -0.15) is 0 Å². The van der Waals surface area contributed by atoms with Crippen molar-refractivity contribution in [2.24, 2.45) is 11.1 Å². The summed E-state index contributed by atoms with van der Waals surface area (Å²) in [6.45, 7) is 0.563. The van der Waals surface area contributed by atoms with Crippen LogP contribution in [0.15, 0.2) is 47.6 Å². The Labute approximate surface area is 204 Å². The molecule has 1 fully saturated rings. The maximum absolute atomic E-state index is 12.3. The largest absolute Gasteiger partial charge is 0.480 e. The number of oxime groups is 1. The Balaban J connectivity index is 1.72. The second-order valence-corrected chi connectivity index (χ2v) is 8.88. The number of rotatable bonds is 11. The van der Waals surface area contributed by atoms with Crippen LogP contribution in [-0.4, -0.2) is 42.4 Å². The predicted octanol–water partition coefficient (Wildman–Crippen LogP) is 3.56. The molecule has 1 aliphatic carbocycles. The first-order valence-electron chi connectivity index (χ1n) is 11.5. The number of amides is 1. The maximum Gasteiger partial charge on any atom is 0.317 e. The van der Waals surface area contributed by atoms with Crippen molar-refractivity contribution in [1.82, 2.24) is 10.6 Å². The van der Waals surface area contributed by atoms with Gasteiger partial charge >= 0.3 is 5.97 Å². The standard InChI is InChI=1S/C25H31ClN4O4/c26-21-8-4-7-18(12-21)25(19-9-10-22(27)20(11-19)14-28-15-24(32)33)30-34-16-23(31)29-13-17-5-2-1-3-6-17/h4,7-12,17,28H,1-3,5-6,13-16,27H2,(H,29,31)(H,32,33). The zero-order valence-corrected chi connectivity index (χ0v) is 19.8. The molecule has 0 spiro atoms. The lowest BCUT2D eigenvalue weighted by atomic mass is 9.89. The normalized spacial score (nSPS) is 14.6. The molecule has 5 N–H and O–H groups in total.